The highest BCUT2D eigenvalue weighted by Crippen LogP contribution is 2.27. The van der Waals surface area contributed by atoms with Crippen LogP contribution in [0.25, 0.3) is 0 Å². The first-order chi connectivity index (χ1) is 8.67. The number of nitrogens with zero attached hydrogens (tertiary/aromatic N) is 2. The highest BCUT2D eigenvalue weighted by molar-refractivity contribution is 5.57. The third-order valence-electron chi connectivity index (χ3n) is 3.65. The number of rotatable bonds is 3. The number of hydrogen-bond acceptors (Lipinski definition) is 4. The van der Waals surface area contributed by atoms with Crippen LogP contribution in [-0.4, -0.2) is 30.8 Å². The number of anilines is 1. The van der Waals surface area contributed by atoms with Gasteiger partial charge in [-0.3, -0.25) is 4.98 Å². The lowest BCUT2D eigenvalue weighted by molar-refractivity contribution is 0.0929. The molecule has 100 valence electrons. The number of pyridine rings is 1. The Labute approximate surface area is 109 Å². The number of aromatic nitrogens is 1. The van der Waals surface area contributed by atoms with Crippen LogP contribution in [0.4, 0.5) is 5.69 Å². The van der Waals surface area contributed by atoms with Crippen molar-refractivity contribution in [2.75, 3.05) is 24.7 Å². The fraction of sp³-hybridized carbons (Fsp3) is 0.643. The summed E-state index contributed by atoms with van der Waals surface area (Å²) in [6.07, 6.45) is 1.09. The molecule has 0 saturated carbocycles. The number of ether oxygens (including phenoxy) is 1. The van der Waals surface area contributed by atoms with E-state index in [4.69, 9.17) is 10.5 Å². The number of morpholine rings is 1. The zero-order valence-electron chi connectivity index (χ0n) is 11.6. The van der Waals surface area contributed by atoms with E-state index < -0.39 is 0 Å². The summed E-state index contributed by atoms with van der Waals surface area (Å²) in [6.45, 7) is 9.37. The Kier molecular flexibility index (Phi) is 4.19. The van der Waals surface area contributed by atoms with Crippen LogP contribution in [-0.2, 0) is 11.3 Å². The van der Waals surface area contributed by atoms with Crippen molar-refractivity contribution in [2.24, 2.45) is 5.73 Å². The molecule has 1 fully saturated rings. The van der Waals surface area contributed by atoms with Crippen molar-refractivity contribution in [1.82, 2.24) is 4.98 Å². The van der Waals surface area contributed by atoms with Gasteiger partial charge in [0.2, 0.25) is 0 Å². The van der Waals surface area contributed by atoms with Crippen LogP contribution in [0.2, 0.25) is 0 Å². The van der Waals surface area contributed by atoms with Gasteiger partial charge in [0.1, 0.15) is 0 Å². The van der Waals surface area contributed by atoms with Gasteiger partial charge in [-0.1, -0.05) is 6.92 Å². The van der Waals surface area contributed by atoms with Gasteiger partial charge in [-0.2, -0.15) is 0 Å². The second-order valence-corrected chi connectivity index (χ2v) is 4.88. The molecular weight excluding hydrogens is 226 g/mol. The maximum Gasteiger partial charge on any atom is 0.0670 e. The molecule has 2 heterocycles. The summed E-state index contributed by atoms with van der Waals surface area (Å²) >= 11 is 0. The highest BCUT2D eigenvalue weighted by Gasteiger charge is 2.24. The molecule has 1 aromatic rings. The minimum atomic E-state index is 0.449. The summed E-state index contributed by atoms with van der Waals surface area (Å²) in [5, 5.41) is 0. The summed E-state index contributed by atoms with van der Waals surface area (Å²) in [5.74, 6) is 0. The van der Waals surface area contributed by atoms with E-state index in [2.05, 4.69) is 22.9 Å². The van der Waals surface area contributed by atoms with E-state index in [9.17, 15) is 0 Å². The SMILES string of the molecule is CCC1COCCN1c1cc(C)nc(C)c1CN. The molecule has 4 heteroatoms. The normalized spacial score (nSPS) is 20.2. The molecule has 1 unspecified atom stereocenters. The molecule has 1 aromatic heterocycles. The average molecular weight is 249 g/mol. The van der Waals surface area contributed by atoms with Crippen LogP contribution in [0.15, 0.2) is 6.07 Å². The molecule has 0 radical (unpaired) electrons. The van der Waals surface area contributed by atoms with Crippen LogP contribution < -0.4 is 10.6 Å². The fourth-order valence-corrected chi connectivity index (χ4v) is 2.65. The maximum absolute atomic E-state index is 5.90. The minimum Gasteiger partial charge on any atom is -0.377 e. The topological polar surface area (TPSA) is 51.4 Å². The molecule has 1 aliphatic heterocycles. The zero-order chi connectivity index (χ0) is 13.1. The predicted octanol–water partition coefficient (Wildman–Crippen LogP) is 1.77. The van der Waals surface area contributed by atoms with Crippen molar-refractivity contribution < 1.29 is 4.74 Å². The third kappa shape index (κ3) is 2.49. The van der Waals surface area contributed by atoms with Crippen LogP contribution >= 0.6 is 0 Å². The highest BCUT2D eigenvalue weighted by atomic mass is 16.5. The van der Waals surface area contributed by atoms with Gasteiger partial charge in [0.25, 0.3) is 0 Å². The van der Waals surface area contributed by atoms with Crippen molar-refractivity contribution in [2.45, 2.75) is 39.8 Å². The van der Waals surface area contributed by atoms with Gasteiger partial charge in [-0.05, 0) is 26.3 Å². The molecule has 18 heavy (non-hydrogen) atoms. The molecule has 4 nitrogen and oxygen atoms in total. The second-order valence-electron chi connectivity index (χ2n) is 4.88. The van der Waals surface area contributed by atoms with Gasteiger partial charge >= 0.3 is 0 Å². The Balaban J connectivity index is 2.41. The monoisotopic (exact) mass is 249 g/mol. The summed E-state index contributed by atoms with van der Waals surface area (Å²) in [5.41, 5.74) is 10.4. The van der Waals surface area contributed by atoms with Crippen LogP contribution in [0.1, 0.15) is 30.3 Å². The van der Waals surface area contributed by atoms with Crippen molar-refractivity contribution in [3.05, 3.63) is 23.0 Å². The molecule has 2 N–H and O–H groups in total. The molecule has 2 rings (SSSR count). The Morgan fingerprint density at radius 3 is 2.94 bits per heavy atom. The summed E-state index contributed by atoms with van der Waals surface area (Å²) in [7, 11) is 0. The van der Waals surface area contributed by atoms with Gasteiger partial charge in [0, 0.05) is 35.7 Å². The first-order valence-electron chi connectivity index (χ1n) is 6.69. The number of nitrogens with two attached hydrogens (primary N) is 1. The average Bonchev–Trinajstić information content (AvgIpc) is 2.38. The molecule has 0 aromatic carbocycles. The minimum absolute atomic E-state index is 0.449. The lowest BCUT2D eigenvalue weighted by atomic mass is 10.1. The summed E-state index contributed by atoms with van der Waals surface area (Å²) in [4.78, 5) is 6.95. The quantitative estimate of drug-likeness (QED) is 0.887. The first-order valence-corrected chi connectivity index (χ1v) is 6.69. The Hall–Kier alpha value is -1.13. The Bertz CT molecular complexity index is 420. The van der Waals surface area contributed by atoms with Gasteiger partial charge in [0.15, 0.2) is 0 Å². The molecule has 0 bridgehead atoms. The summed E-state index contributed by atoms with van der Waals surface area (Å²) in [6, 6.07) is 2.61. The van der Waals surface area contributed by atoms with E-state index in [0.29, 0.717) is 12.6 Å². The van der Waals surface area contributed by atoms with Crippen molar-refractivity contribution in [1.29, 1.82) is 0 Å². The molecule has 1 atom stereocenters. The Morgan fingerprint density at radius 1 is 1.50 bits per heavy atom. The maximum atomic E-state index is 5.90. The third-order valence-corrected chi connectivity index (χ3v) is 3.65. The largest absolute Gasteiger partial charge is 0.377 e. The van der Waals surface area contributed by atoms with Gasteiger partial charge in [0.05, 0.1) is 19.3 Å². The zero-order valence-corrected chi connectivity index (χ0v) is 11.6. The summed E-state index contributed by atoms with van der Waals surface area (Å²) < 4.78 is 5.57. The molecule has 0 aliphatic carbocycles. The lowest BCUT2D eigenvalue weighted by Gasteiger charge is -2.38. The Morgan fingerprint density at radius 2 is 2.28 bits per heavy atom. The predicted molar refractivity (Wildman–Crippen MR) is 73.8 cm³/mol. The second kappa shape index (κ2) is 5.67. The number of aryl methyl sites for hydroxylation is 2. The molecule has 1 saturated heterocycles. The first kappa shape index (κ1) is 13.3. The van der Waals surface area contributed by atoms with E-state index in [1.54, 1.807) is 0 Å². The van der Waals surface area contributed by atoms with Gasteiger partial charge in [-0.15, -0.1) is 0 Å². The van der Waals surface area contributed by atoms with Crippen LogP contribution in [0.5, 0.6) is 0 Å². The van der Waals surface area contributed by atoms with Gasteiger partial charge in [-0.25, -0.2) is 0 Å². The number of hydrogen-bond donors (Lipinski definition) is 1. The molecule has 0 spiro atoms. The van der Waals surface area contributed by atoms with E-state index in [-0.39, 0.29) is 0 Å². The van der Waals surface area contributed by atoms with E-state index >= 15 is 0 Å². The standard InChI is InChI=1S/C14H23N3O/c1-4-12-9-18-6-5-17(12)14-7-10(2)16-11(3)13(14)8-15/h7,12H,4-6,8-9,15H2,1-3H3. The smallest absolute Gasteiger partial charge is 0.0670 e. The van der Waals surface area contributed by atoms with E-state index in [0.717, 1.165) is 37.6 Å². The van der Waals surface area contributed by atoms with Crippen molar-refractivity contribution in [3.63, 3.8) is 0 Å². The molecule has 1 aliphatic rings. The van der Waals surface area contributed by atoms with E-state index in [1.807, 2.05) is 13.8 Å². The molecule has 0 amide bonds. The van der Waals surface area contributed by atoms with Crippen molar-refractivity contribution >= 4 is 5.69 Å². The van der Waals surface area contributed by atoms with Gasteiger partial charge < -0.3 is 15.4 Å². The van der Waals surface area contributed by atoms with Crippen molar-refractivity contribution in [3.8, 4) is 0 Å². The van der Waals surface area contributed by atoms with E-state index in [1.165, 1.54) is 11.3 Å². The fourth-order valence-electron chi connectivity index (χ4n) is 2.65. The van der Waals surface area contributed by atoms with Crippen LogP contribution in [0, 0.1) is 13.8 Å². The van der Waals surface area contributed by atoms with Crippen LogP contribution in [0.3, 0.4) is 0 Å². The lowest BCUT2D eigenvalue weighted by Crippen LogP contribution is -2.45. The molecular formula is C14H23N3O.